The number of nitrogens with zero attached hydrogens (tertiary/aromatic N) is 4. The number of carbonyl (C=O) groups excluding carboxylic acids is 6. The SMILES string of the molecule is O=C(NCC(=O)N1CCCC1C(=O)N1CCCC1C(=O)NCC(=O)N1CCCC1C(=O)N1CCCC1C(=O)O)OCc1ccccc1. The Hall–Kier alpha value is -4.69. The van der Waals surface area contributed by atoms with Crippen molar-refractivity contribution in [2.24, 2.45) is 0 Å². The third kappa shape index (κ3) is 7.83. The highest BCUT2D eigenvalue weighted by Crippen LogP contribution is 2.27. The van der Waals surface area contributed by atoms with Crippen molar-refractivity contribution < 1.29 is 43.4 Å². The molecule has 3 N–H and O–H groups in total. The molecule has 1 aromatic rings. The van der Waals surface area contributed by atoms with Crippen LogP contribution in [0.1, 0.15) is 56.9 Å². The molecule has 15 heteroatoms. The zero-order valence-electron chi connectivity index (χ0n) is 26.3. The highest BCUT2D eigenvalue weighted by Gasteiger charge is 2.44. The van der Waals surface area contributed by atoms with E-state index in [1.165, 1.54) is 19.6 Å². The second kappa shape index (κ2) is 15.3. The second-order valence-electron chi connectivity index (χ2n) is 12.3. The van der Waals surface area contributed by atoms with Crippen LogP contribution in [0.2, 0.25) is 0 Å². The number of nitrogens with one attached hydrogen (secondary N) is 2. The van der Waals surface area contributed by atoms with Gasteiger partial charge in [0.25, 0.3) is 0 Å². The molecule has 0 bridgehead atoms. The van der Waals surface area contributed by atoms with Crippen LogP contribution in [0.3, 0.4) is 0 Å². The summed E-state index contributed by atoms with van der Waals surface area (Å²) in [6, 6.07) is 5.87. The minimum absolute atomic E-state index is 0.0538. The van der Waals surface area contributed by atoms with Gasteiger partial charge in [0, 0.05) is 26.2 Å². The predicted octanol–water partition coefficient (Wildman–Crippen LogP) is 0.0776. The topological polar surface area (TPSA) is 186 Å². The fourth-order valence-corrected chi connectivity index (χ4v) is 7.02. The monoisotopic (exact) mass is 654 g/mol. The van der Waals surface area contributed by atoms with Gasteiger partial charge in [-0.05, 0) is 56.9 Å². The zero-order valence-corrected chi connectivity index (χ0v) is 26.3. The summed E-state index contributed by atoms with van der Waals surface area (Å²) in [4.78, 5) is 95.5. The lowest BCUT2D eigenvalue weighted by Gasteiger charge is -2.31. The summed E-state index contributed by atoms with van der Waals surface area (Å²) in [7, 11) is 0. The van der Waals surface area contributed by atoms with E-state index in [2.05, 4.69) is 10.6 Å². The zero-order chi connectivity index (χ0) is 33.5. The third-order valence-electron chi connectivity index (χ3n) is 9.39. The van der Waals surface area contributed by atoms with E-state index in [0.717, 1.165) is 5.56 Å². The van der Waals surface area contributed by atoms with Crippen LogP contribution >= 0.6 is 0 Å². The quantitative estimate of drug-likeness (QED) is 0.314. The number of likely N-dealkylation sites (tertiary alicyclic amines) is 4. The molecule has 0 spiro atoms. The molecule has 15 nitrogen and oxygen atoms in total. The first kappa shape index (κ1) is 33.7. The fraction of sp³-hybridized carbons (Fsp3) is 0.594. The summed E-state index contributed by atoms with van der Waals surface area (Å²) >= 11 is 0. The van der Waals surface area contributed by atoms with Crippen LogP contribution in [0.5, 0.6) is 0 Å². The molecule has 254 valence electrons. The van der Waals surface area contributed by atoms with Crippen LogP contribution in [0.15, 0.2) is 30.3 Å². The third-order valence-corrected chi connectivity index (χ3v) is 9.39. The summed E-state index contributed by atoms with van der Waals surface area (Å²) in [6.45, 7) is 0.695. The van der Waals surface area contributed by atoms with Crippen LogP contribution in [0.4, 0.5) is 4.79 Å². The number of ether oxygens (including phenoxy) is 1. The van der Waals surface area contributed by atoms with Crippen LogP contribution < -0.4 is 10.6 Å². The van der Waals surface area contributed by atoms with Crippen molar-refractivity contribution in [2.45, 2.75) is 82.1 Å². The molecular weight excluding hydrogens is 612 g/mol. The van der Waals surface area contributed by atoms with Gasteiger partial charge in [0.2, 0.25) is 29.5 Å². The molecule has 4 heterocycles. The molecule has 1 aromatic carbocycles. The first-order valence-corrected chi connectivity index (χ1v) is 16.3. The minimum Gasteiger partial charge on any atom is -0.480 e. The Balaban J connectivity index is 1.10. The van der Waals surface area contributed by atoms with Gasteiger partial charge < -0.3 is 40.1 Å². The average Bonchev–Trinajstić information content (AvgIpc) is 3.91. The number of hydrogen-bond acceptors (Lipinski definition) is 8. The highest BCUT2D eigenvalue weighted by molar-refractivity contribution is 5.96. The van der Waals surface area contributed by atoms with Crippen molar-refractivity contribution in [3.8, 4) is 0 Å². The molecule has 6 amide bonds. The summed E-state index contributed by atoms with van der Waals surface area (Å²) in [5, 5.41) is 14.6. The van der Waals surface area contributed by atoms with Gasteiger partial charge in [0.15, 0.2) is 0 Å². The van der Waals surface area contributed by atoms with Crippen molar-refractivity contribution in [1.29, 1.82) is 0 Å². The molecule has 4 aliphatic heterocycles. The highest BCUT2D eigenvalue weighted by atomic mass is 16.5. The number of carboxylic acid groups (broad SMARTS) is 1. The van der Waals surface area contributed by atoms with Gasteiger partial charge in [-0.3, -0.25) is 24.0 Å². The summed E-state index contributed by atoms with van der Waals surface area (Å²) in [5.41, 5.74) is 0.802. The molecule has 4 saturated heterocycles. The molecule has 5 rings (SSSR count). The van der Waals surface area contributed by atoms with Crippen LogP contribution in [0, 0.1) is 0 Å². The van der Waals surface area contributed by atoms with Crippen LogP contribution in [-0.4, -0.2) is 130 Å². The number of aliphatic carboxylic acids is 1. The summed E-state index contributed by atoms with van der Waals surface area (Å²) in [6.07, 6.45) is 3.23. The van der Waals surface area contributed by atoms with E-state index in [9.17, 15) is 38.7 Å². The molecule has 4 unspecified atom stereocenters. The lowest BCUT2D eigenvalue weighted by atomic mass is 10.1. The van der Waals surface area contributed by atoms with Gasteiger partial charge in [-0.15, -0.1) is 0 Å². The van der Waals surface area contributed by atoms with Gasteiger partial charge in [0.05, 0.1) is 6.54 Å². The normalized spacial score (nSPS) is 23.9. The molecular formula is C32H42N6O9. The van der Waals surface area contributed by atoms with Crippen molar-refractivity contribution in [2.75, 3.05) is 39.3 Å². The summed E-state index contributed by atoms with van der Waals surface area (Å²) < 4.78 is 5.16. The van der Waals surface area contributed by atoms with Crippen LogP contribution in [0.25, 0.3) is 0 Å². The molecule has 0 aliphatic carbocycles. The van der Waals surface area contributed by atoms with Crippen molar-refractivity contribution in [3.05, 3.63) is 35.9 Å². The smallest absolute Gasteiger partial charge is 0.407 e. The Morgan fingerprint density at radius 3 is 1.66 bits per heavy atom. The van der Waals surface area contributed by atoms with Gasteiger partial charge in [-0.25, -0.2) is 9.59 Å². The largest absolute Gasteiger partial charge is 0.480 e. The van der Waals surface area contributed by atoms with E-state index < -0.39 is 54.0 Å². The standard InChI is InChI=1S/C32H42N6O9/c39-26(35-14-6-12-24(35)30(43)38-17-7-13-25(38)31(44)45)18-33-28(41)22-10-4-16-37(22)29(42)23-11-5-15-36(23)27(40)19-34-32(46)47-20-21-8-2-1-3-9-21/h1-3,8-9,22-25H,4-7,10-20H2,(H,33,41)(H,34,46)(H,44,45). The first-order valence-electron chi connectivity index (χ1n) is 16.3. The number of carbonyl (C=O) groups is 7. The van der Waals surface area contributed by atoms with Crippen molar-refractivity contribution >= 4 is 41.6 Å². The predicted molar refractivity (Wildman–Crippen MR) is 164 cm³/mol. The van der Waals surface area contributed by atoms with Gasteiger partial charge in [-0.2, -0.15) is 0 Å². The lowest BCUT2D eigenvalue weighted by molar-refractivity contribution is -0.151. The Labute approximate surface area is 272 Å². The Kier molecular flexibility index (Phi) is 10.9. The molecule has 47 heavy (non-hydrogen) atoms. The van der Waals surface area contributed by atoms with E-state index in [0.29, 0.717) is 77.5 Å². The summed E-state index contributed by atoms with van der Waals surface area (Å²) in [5.74, 6) is -3.16. The number of carboxylic acids is 1. The van der Waals surface area contributed by atoms with Gasteiger partial charge in [-0.1, -0.05) is 30.3 Å². The number of alkyl carbamates (subject to hydrolysis) is 1. The maximum absolute atomic E-state index is 13.6. The molecule has 0 radical (unpaired) electrons. The van der Waals surface area contributed by atoms with E-state index in [4.69, 9.17) is 4.74 Å². The van der Waals surface area contributed by atoms with Crippen molar-refractivity contribution in [3.63, 3.8) is 0 Å². The van der Waals surface area contributed by atoms with Gasteiger partial charge in [0.1, 0.15) is 37.3 Å². The van der Waals surface area contributed by atoms with E-state index in [1.54, 1.807) is 0 Å². The average molecular weight is 655 g/mol. The van der Waals surface area contributed by atoms with E-state index in [-0.39, 0.29) is 31.5 Å². The Morgan fingerprint density at radius 2 is 1.11 bits per heavy atom. The van der Waals surface area contributed by atoms with Crippen molar-refractivity contribution in [1.82, 2.24) is 30.2 Å². The maximum Gasteiger partial charge on any atom is 0.407 e. The van der Waals surface area contributed by atoms with Crippen LogP contribution in [-0.2, 0) is 40.1 Å². The maximum atomic E-state index is 13.6. The fourth-order valence-electron chi connectivity index (χ4n) is 7.02. The Bertz CT molecular complexity index is 1370. The molecule has 4 aliphatic rings. The number of benzene rings is 1. The number of amides is 6. The van der Waals surface area contributed by atoms with E-state index >= 15 is 0 Å². The minimum atomic E-state index is -1.06. The first-order chi connectivity index (χ1) is 22.7. The second-order valence-corrected chi connectivity index (χ2v) is 12.3. The molecule has 0 saturated carbocycles. The number of rotatable bonds is 10. The lowest BCUT2D eigenvalue weighted by Crippen LogP contribution is -2.55. The Morgan fingerprint density at radius 1 is 0.638 bits per heavy atom. The van der Waals surface area contributed by atoms with Gasteiger partial charge >= 0.3 is 12.1 Å². The van der Waals surface area contributed by atoms with E-state index in [1.807, 2.05) is 30.3 Å². The molecule has 0 aromatic heterocycles. The molecule has 4 fully saturated rings. The number of hydrogen-bond donors (Lipinski definition) is 3. The molecule has 4 atom stereocenters.